The Morgan fingerprint density at radius 1 is 1.62 bits per heavy atom. The first-order chi connectivity index (χ1) is 6.15. The highest BCUT2D eigenvalue weighted by molar-refractivity contribution is 5.59. The van der Waals surface area contributed by atoms with Crippen LogP contribution in [0.5, 0.6) is 0 Å². The van der Waals surface area contributed by atoms with Gasteiger partial charge in [0.1, 0.15) is 0 Å². The molecule has 0 unspecified atom stereocenters. The third-order valence-electron chi connectivity index (χ3n) is 2.14. The van der Waals surface area contributed by atoms with Gasteiger partial charge in [-0.25, -0.2) is 0 Å². The van der Waals surface area contributed by atoms with Crippen molar-refractivity contribution in [3.8, 4) is 0 Å². The highest BCUT2D eigenvalue weighted by atomic mass is 16.5. The predicted molar refractivity (Wildman–Crippen MR) is 55.8 cm³/mol. The lowest BCUT2D eigenvalue weighted by molar-refractivity contribution is 0.201. The van der Waals surface area contributed by atoms with Crippen LogP contribution in [0, 0.1) is 6.92 Å². The summed E-state index contributed by atoms with van der Waals surface area (Å²) in [5.41, 5.74) is 4.74. The van der Waals surface area contributed by atoms with Gasteiger partial charge in [-0.05, 0) is 31.1 Å². The largest absolute Gasteiger partial charge is 0.384 e. The zero-order valence-electron chi connectivity index (χ0n) is 8.61. The van der Waals surface area contributed by atoms with Crippen LogP contribution in [-0.4, -0.2) is 18.7 Å². The minimum Gasteiger partial charge on any atom is -0.384 e. The normalized spacial score (nSPS) is 10.4. The zero-order valence-corrected chi connectivity index (χ0v) is 8.61. The summed E-state index contributed by atoms with van der Waals surface area (Å²) in [5, 5.41) is 0. The molecule has 0 spiro atoms. The molecule has 0 aliphatic rings. The van der Waals surface area contributed by atoms with Crippen LogP contribution >= 0.6 is 0 Å². The van der Waals surface area contributed by atoms with E-state index in [0.29, 0.717) is 0 Å². The standard InChI is InChI=1S/C11H17NO/c1-8(2)11-7-9(3)10(12-11)5-6-13-4/h7,12H,1,5-6H2,2-4H3. The molecule has 1 aromatic rings. The van der Waals surface area contributed by atoms with Crippen LogP contribution in [0.2, 0.25) is 0 Å². The number of aromatic amines is 1. The highest BCUT2D eigenvalue weighted by Crippen LogP contribution is 2.16. The van der Waals surface area contributed by atoms with Crippen molar-refractivity contribution in [3.05, 3.63) is 29.6 Å². The minimum absolute atomic E-state index is 0.761. The second kappa shape index (κ2) is 4.28. The quantitative estimate of drug-likeness (QED) is 0.755. The lowest BCUT2D eigenvalue weighted by Crippen LogP contribution is -1.96. The first-order valence-electron chi connectivity index (χ1n) is 4.48. The Bertz CT molecular complexity index is 299. The van der Waals surface area contributed by atoms with Crippen molar-refractivity contribution in [2.75, 3.05) is 13.7 Å². The number of aromatic nitrogens is 1. The second-order valence-corrected chi connectivity index (χ2v) is 3.37. The SMILES string of the molecule is C=C(C)c1cc(C)c(CCOC)[nH]1. The Morgan fingerprint density at radius 3 is 2.77 bits per heavy atom. The number of hydrogen-bond acceptors (Lipinski definition) is 1. The molecule has 1 heterocycles. The summed E-state index contributed by atoms with van der Waals surface area (Å²) < 4.78 is 5.03. The summed E-state index contributed by atoms with van der Waals surface area (Å²) >= 11 is 0. The maximum Gasteiger partial charge on any atom is 0.0517 e. The van der Waals surface area contributed by atoms with Gasteiger partial charge < -0.3 is 9.72 Å². The van der Waals surface area contributed by atoms with E-state index in [2.05, 4.69) is 24.6 Å². The van der Waals surface area contributed by atoms with E-state index < -0.39 is 0 Å². The molecule has 0 amide bonds. The number of aryl methyl sites for hydroxylation is 1. The monoisotopic (exact) mass is 179 g/mol. The topological polar surface area (TPSA) is 25.0 Å². The van der Waals surface area contributed by atoms with Gasteiger partial charge in [-0.3, -0.25) is 0 Å². The smallest absolute Gasteiger partial charge is 0.0517 e. The van der Waals surface area contributed by atoms with Crippen molar-refractivity contribution in [1.29, 1.82) is 0 Å². The van der Waals surface area contributed by atoms with E-state index in [4.69, 9.17) is 4.74 Å². The van der Waals surface area contributed by atoms with Gasteiger partial charge in [0, 0.05) is 24.9 Å². The molecule has 0 aliphatic carbocycles. The molecule has 0 saturated carbocycles. The molecule has 2 nitrogen and oxygen atoms in total. The molecule has 0 radical (unpaired) electrons. The Hall–Kier alpha value is -1.02. The Morgan fingerprint density at radius 2 is 2.31 bits per heavy atom. The van der Waals surface area contributed by atoms with E-state index >= 15 is 0 Å². The van der Waals surface area contributed by atoms with Gasteiger partial charge in [-0.15, -0.1) is 0 Å². The summed E-state index contributed by atoms with van der Waals surface area (Å²) in [6, 6.07) is 2.13. The van der Waals surface area contributed by atoms with Crippen molar-refractivity contribution >= 4 is 5.57 Å². The molecular weight excluding hydrogens is 162 g/mol. The molecule has 1 N–H and O–H groups in total. The van der Waals surface area contributed by atoms with Crippen LogP contribution in [0.25, 0.3) is 5.57 Å². The van der Waals surface area contributed by atoms with Gasteiger partial charge in [0.15, 0.2) is 0 Å². The molecule has 1 rings (SSSR count). The first kappa shape index (κ1) is 10.1. The number of nitrogens with one attached hydrogen (secondary N) is 1. The van der Waals surface area contributed by atoms with Crippen molar-refractivity contribution < 1.29 is 4.74 Å². The molecule has 0 aromatic carbocycles. The summed E-state index contributed by atoms with van der Waals surface area (Å²) in [4.78, 5) is 3.34. The number of ether oxygens (including phenoxy) is 1. The third kappa shape index (κ3) is 2.46. The van der Waals surface area contributed by atoms with Crippen LogP contribution in [0.1, 0.15) is 23.9 Å². The maximum atomic E-state index is 5.03. The van der Waals surface area contributed by atoms with Gasteiger partial charge >= 0.3 is 0 Å². The van der Waals surface area contributed by atoms with E-state index in [1.54, 1.807) is 7.11 Å². The Kier molecular flexibility index (Phi) is 3.32. The molecule has 0 aliphatic heterocycles. The van der Waals surface area contributed by atoms with E-state index in [-0.39, 0.29) is 0 Å². The van der Waals surface area contributed by atoms with Gasteiger partial charge in [-0.2, -0.15) is 0 Å². The molecule has 0 atom stereocenters. The fraction of sp³-hybridized carbons (Fsp3) is 0.455. The van der Waals surface area contributed by atoms with E-state index in [1.807, 2.05) is 6.92 Å². The number of rotatable bonds is 4. The lowest BCUT2D eigenvalue weighted by atomic mass is 10.2. The predicted octanol–water partition coefficient (Wildman–Crippen LogP) is 2.55. The molecular formula is C11H17NO. The van der Waals surface area contributed by atoms with Crippen molar-refractivity contribution in [2.45, 2.75) is 20.3 Å². The highest BCUT2D eigenvalue weighted by Gasteiger charge is 2.03. The molecule has 13 heavy (non-hydrogen) atoms. The zero-order chi connectivity index (χ0) is 9.84. The minimum atomic E-state index is 0.761. The summed E-state index contributed by atoms with van der Waals surface area (Å²) in [6.45, 7) is 8.77. The van der Waals surface area contributed by atoms with Crippen LogP contribution < -0.4 is 0 Å². The Balaban J connectivity index is 2.77. The lowest BCUT2D eigenvalue weighted by Gasteiger charge is -1.98. The van der Waals surface area contributed by atoms with Gasteiger partial charge in [0.25, 0.3) is 0 Å². The Labute approximate surface area is 79.6 Å². The number of methoxy groups -OCH3 is 1. The molecule has 1 aromatic heterocycles. The van der Waals surface area contributed by atoms with E-state index in [0.717, 1.165) is 24.3 Å². The van der Waals surface area contributed by atoms with Gasteiger partial charge in [-0.1, -0.05) is 6.58 Å². The number of allylic oxidation sites excluding steroid dienone is 1. The van der Waals surface area contributed by atoms with Crippen molar-refractivity contribution in [3.63, 3.8) is 0 Å². The van der Waals surface area contributed by atoms with Gasteiger partial charge in [0.2, 0.25) is 0 Å². The van der Waals surface area contributed by atoms with E-state index in [9.17, 15) is 0 Å². The number of H-pyrrole nitrogens is 1. The molecule has 0 fully saturated rings. The molecule has 0 saturated heterocycles. The fourth-order valence-electron chi connectivity index (χ4n) is 1.29. The third-order valence-corrected chi connectivity index (χ3v) is 2.14. The van der Waals surface area contributed by atoms with Crippen LogP contribution in [0.15, 0.2) is 12.6 Å². The maximum absolute atomic E-state index is 5.03. The average Bonchev–Trinajstić information content (AvgIpc) is 2.44. The van der Waals surface area contributed by atoms with Crippen LogP contribution in [0.3, 0.4) is 0 Å². The first-order valence-corrected chi connectivity index (χ1v) is 4.48. The second-order valence-electron chi connectivity index (χ2n) is 3.37. The van der Waals surface area contributed by atoms with Crippen molar-refractivity contribution in [1.82, 2.24) is 4.98 Å². The number of hydrogen-bond donors (Lipinski definition) is 1. The molecule has 2 heteroatoms. The van der Waals surface area contributed by atoms with E-state index in [1.165, 1.54) is 11.3 Å². The molecule has 72 valence electrons. The van der Waals surface area contributed by atoms with Crippen LogP contribution in [0.4, 0.5) is 0 Å². The van der Waals surface area contributed by atoms with Crippen LogP contribution in [-0.2, 0) is 11.2 Å². The fourth-order valence-corrected chi connectivity index (χ4v) is 1.29. The summed E-state index contributed by atoms with van der Waals surface area (Å²) in [5.74, 6) is 0. The van der Waals surface area contributed by atoms with Gasteiger partial charge in [0.05, 0.1) is 6.61 Å². The average molecular weight is 179 g/mol. The summed E-state index contributed by atoms with van der Waals surface area (Å²) in [6.07, 6.45) is 0.940. The van der Waals surface area contributed by atoms with Crippen molar-refractivity contribution in [2.24, 2.45) is 0 Å². The molecule has 0 bridgehead atoms. The summed E-state index contributed by atoms with van der Waals surface area (Å²) in [7, 11) is 1.72.